The van der Waals surface area contributed by atoms with Crippen LogP contribution in [-0.4, -0.2) is 26.0 Å². The second-order valence-corrected chi connectivity index (χ2v) is 6.20. The molecule has 20 heavy (non-hydrogen) atoms. The summed E-state index contributed by atoms with van der Waals surface area (Å²) in [5, 5.41) is 10.1. The summed E-state index contributed by atoms with van der Waals surface area (Å²) in [4.78, 5) is 10.6. The molecule has 0 saturated heterocycles. The van der Waals surface area contributed by atoms with Gasteiger partial charge in [0.1, 0.15) is 0 Å². The molecule has 2 aromatic carbocycles. The van der Waals surface area contributed by atoms with Crippen LogP contribution in [0.3, 0.4) is 0 Å². The van der Waals surface area contributed by atoms with E-state index in [1.165, 1.54) is 0 Å². The highest BCUT2D eigenvalue weighted by atomic mass is 32.2. The molecule has 0 radical (unpaired) electrons. The minimum absolute atomic E-state index is 0.125. The topological polar surface area (TPSA) is 83.5 Å². The van der Waals surface area contributed by atoms with Crippen LogP contribution in [-0.2, 0) is 14.8 Å². The van der Waals surface area contributed by atoms with Crippen LogP contribution in [0, 0.1) is 6.92 Å². The van der Waals surface area contributed by atoms with Gasteiger partial charge in [-0.2, -0.15) is 0 Å². The maximum Gasteiger partial charge on any atom is 0.304 e. The van der Waals surface area contributed by atoms with Crippen molar-refractivity contribution < 1.29 is 18.3 Å². The van der Waals surface area contributed by atoms with Crippen molar-refractivity contribution in [2.24, 2.45) is 0 Å². The number of fused-ring (bicyclic) bond motifs is 1. The number of carboxylic acids is 1. The number of sulfonamides is 1. The van der Waals surface area contributed by atoms with Gasteiger partial charge in [-0.05, 0) is 23.9 Å². The van der Waals surface area contributed by atoms with E-state index >= 15 is 0 Å². The first-order chi connectivity index (χ1) is 9.42. The number of rotatable bonds is 5. The molecule has 0 saturated carbocycles. The van der Waals surface area contributed by atoms with E-state index in [4.69, 9.17) is 5.11 Å². The van der Waals surface area contributed by atoms with Gasteiger partial charge >= 0.3 is 5.97 Å². The van der Waals surface area contributed by atoms with Gasteiger partial charge in [0.25, 0.3) is 0 Å². The Hall–Kier alpha value is -1.92. The van der Waals surface area contributed by atoms with Crippen molar-refractivity contribution in [1.82, 2.24) is 4.72 Å². The lowest BCUT2D eigenvalue weighted by molar-refractivity contribution is -0.136. The van der Waals surface area contributed by atoms with Crippen LogP contribution in [0.4, 0.5) is 0 Å². The quantitative estimate of drug-likeness (QED) is 0.882. The second-order valence-electron chi connectivity index (χ2n) is 4.47. The normalized spacial score (nSPS) is 11.7. The Balaban J connectivity index is 2.42. The van der Waals surface area contributed by atoms with Crippen LogP contribution in [0.2, 0.25) is 0 Å². The van der Waals surface area contributed by atoms with E-state index in [9.17, 15) is 13.2 Å². The van der Waals surface area contributed by atoms with E-state index in [-0.39, 0.29) is 17.9 Å². The summed E-state index contributed by atoms with van der Waals surface area (Å²) in [6, 6.07) is 10.5. The SMILES string of the molecule is Cc1ccc(S(=O)(=O)NCCC(=O)O)c2ccccc12. The Kier molecular flexibility index (Phi) is 4.06. The third-order valence-corrected chi connectivity index (χ3v) is 4.54. The van der Waals surface area contributed by atoms with Crippen LogP contribution in [0.25, 0.3) is 10.8 Å². The number of carbonyl (C=O) groups is 1. The summed E-state index contributed by atoms with van der Waals surface area (Å²) in [5.41, 5.74) is 0.991. The lowest BCUT2D eigenvalue weighted by atomic mass is 10.1. The molecule has 0 spiro atoms. The molecule has 0 bridgehead atoms. The van der Waals surface area contributed by atoms with Crippen molar-refractivity contribution in [1.29, 1.82) is 0 Å². The molecular formula is C14H15NO4S. The number of aryl methyl sites for hydroxylation is 1. The van der Waals surface area contributed by atoms with Gasteiger partial charge in [-0.1, -0.05) is 30.3 Å². The molecule has 6 heteroatoms. The van der Waals surface area contributed by atoms with Gasteiger partial charge in [0.05, 0.1) is 11.3 Å². The van der Waals surface area contributed by atoms with Gasteiger partial charge in [0, 0.05) is 11.9 Å². The van der Waals surface area contributed by atoms with E-state index in [0.717, 1.165) is 10.9 Å². The number of hydrogen-bond donors (Lipinski definition) is 2. The van der Waals surface area contributed by atoms with Gasteiger partial charge in [0.15, 0.2) is 0 Å². The van der Waals surface area contributed by atoms with E-state index in [0.29, 0.717) is 5.39 Å². The zero-order valence-corrected chi connectivity index (χ0v) is 11.8. The summed E-state index contributed by atoms with van der Waals surface area (Å²) in [6.07, 6.45) is -0.247. The predicted molar refractivity (Wildman–Crippen MR) is 76.1 cm³/mol. The highest BCUT2D eigenvalue weighted by molar-refractivity contribution is 7.89. The Labute approximate surface area is 117 Å². The fraction of sp³-hybridized carbons (Fsp3) is 0.214. The molecule has 0 atom stereocenters. The minimum Gasteiger partial charge on any atom is -0.481 e. The van der Waals surface area contributed by atoms with Crippen LogP contribution >= 0.6 is 0 Å². The third kappa shape index (κ3) is 2.97. The number of carboxylic acid groups (broad SMARTS) is 1. The van der Waals surface area contributed by atoms with Gasteiger partial charge < -0.3 is 5.11 Å². The predicted octanol–water partition coefficient (Wildman–Crippen LogP) is 1.90. The molecule has 0 amide bonds. The molecule has 2 rings (SSSR count). The molecule has 2 N–H and O–H groups in total. The van der Waals surface area contributed by atoms with Crippen LogP contribution in [0.1, 0.15) is 12.0 Å². The molecule has 106 valence electrons. The van der Waals surface area contributed by atoms with Crippen molar-refractivity contribution in [3.63, 3.8) is 0 Å². The van der Waals surface area contributed by atoms with Crippen molar-refractivity contribution in [3.8, 4) is 0 Å². The van der Waals surface area contributed by atoms with Crippen LogP contribution in [0.15, 0.2) is 41.3 Å². The zero-order valence-electron chi connectivity index (χ0n) is 11.0. The summed E-state index contributed by atoms with van der Waals surface area (Å²) in [5.74, 6) is -1.04. The molecule has 5 nitrogen and oxygen atoms in total. The first kappa shape index (κ1) is 14.5. The lowest BCUT2D eigenvalue weighted by Gasteiger charge is -2.10. The number of benzene rings is 2. The van der Waals surface area contributed by atoms with E-state index in [1.807, 2.05) is 19.1 Å². The van der Waals surface area contributed by atoms with Crippen molar-refractivity contribution >= 4 is 26.8 Å². The summed E-state index contributed by atoms with van der Waals surface area (Å²) < 4.78 is 26.8. The van der Waals surface area contributed by atoms with Gasteiger partial charge in [-0.15, -0.1) is 0 Å². The summed E-state index contributed by atoms with van der Waals surface area (Å²) >= 11 is 0. The molecule has 0 unspecified atom stereocenters. The molecule has 0 heterocycles. The maximum absolute atomic E-state index is 12.2. The smallest absolute Gasteiger partial charge is 0.304 e. The first-order valence-electron chi connectivity index (χ1n) is 6.11. The van der Waals surface area contributed by atoms with Gasteiger partial charge in [-0.25, -0.2) is 13.1 Å². The van der Waals surface area contributed by atoms with Gasteiger partial charge in [0.2, 0.25) is 10.0 Å². The molecule has 0 fully saturated rings. The van der Waals surface area contributed by atoms with Gasteiger partial charge in [-0.3, -0.25) is 4.79 Å². The largest absolute Gasteiger partial charge is 0.481 e. The number of hydrogen-bond acceptors (Lipinski definition) is 3. The van der Waals surface area contributed by atoms with Crippen LogP contribution in [0.5, 0.6) is 0 Å². The Morgan fingerprint density at radius 2 is 1.80 bits per heavy atom. The summed E-state index contributed by atoms with van der Waals surface area (Å²) in [6.45, 7) is 1.79. The standard InChI is InChI=1S/C14H15NO4S/c1-10-6-7-13(12-5-3-2-4-11(10)12)20(18,19)15-9-8-14(16)17/h2-7,15H,8-9H2,1H3,(H,16,17). The van der Waals surface area contributed by atoms with Crippen molar-refractivity contribution in [2.45, 2.75) is 18.2 Å². The fourth-order valence-corrected chi connectivity index (χ4v) is 3.27. The van der Waals surface area contributed by atoms with Crippen molar-refractivity contribution in [2.75, 3.05) is 6.54 Å². The van der Waals surface area contributed by atoms with E-state index in [2.05, 4.69) is 4.72 Å². The average molecular weight is 293 g/mol. The Bertz CT molecular complexity index is 753. The third-order valence-electron chi connectivity index (χ3n) is 3.02. The lowest BCUT2D eigenvalue weighted by Crippen LogP contribution is -2.26. The van der Waals surface area contributed by atoms with Crippen molar-refractivity contribution in [3.05, 3.63) is 42.0 Å². The molecule has 0 aliphatic rings. The Morgan fingerprint density at radius 1 is 1.15 bits per heavy atom. The molecule has 2 aromatic rings. The molecule has 0 aliphatic heterocycles. The molecular weight excluding hydrogens is 278 g/mol. The van der Waals surface area contributed by atoms with E-state index in [1.54, 1.807) is 24.3 Å². The maximum atomic E-state index is 12.2. The average Bonchev–Trinajstić information content (AvgIpc) is 2.38. The second kappa shape index (κ2) is 5.60. The fourth-order valence-electron chi connectivity index (χ4n) is 2.03. The highest BCUT2D eigenvalue weighted by Crippen LogP contribution is 2.25. The Morgan fingerprint density at radius 3 is 2.45 bits per heavy atom. The minimum atomic E-state index is -3.71. The van der Waals surface area contributed by atoms with E-state index < -0.39 is 16.0 Å². The molecule has 0 aliphatic carbocycles. The monoisotopic (exact) mass is 293 g/mol. The zero-order chi connectivity index (χ0) is 14.8. The first-order valence-corrected chi connectivity index (χ1v) is 7.60. The number of nitrogens with one attached hydrogen (secondary N) is 1. The highest BCUT2D eigenvalue weighted by Gasteiger charge is 2.17. The summed E-state index contributed by atoms with van der Waals surface area (Å²) in [7, 11) is -3.71. The number of aliphatic carboxylic acids is 1. The molecule has 0 aromatic heterocycles. The van der Waals surface area contributed by atoms with Crippen LogP contribution < -0.4 is 4.72 Å².